The second kappa shape index (κ2) is 14.2. The number of carbonyl (C=O) groups is 1. The van der Waals surface area contributed by atoms with E-state index in [9.17, 15) is 10.0 Å². The number of halogens is 1. The molecule has 0 unspecified atom stereocenters. The van der Waals surface area contributed by atoms with E-state index in [4.69, 9.17) is 22.1 Å². The number of hydrogen-bond acceptors (Lipinski definition) is 5. The van der Waals surface area contributed by atoms with Crippen molar-refractivity contribution in [3.8, 4) is 5.75 Å². The van der Waals surface area contributed by atoms with Crippen molar-refractivity contribution in [2.75, 3.05) is 45.9 Å². The van der Waals surface area contributed by atoms with Crippen LogP contribution in [0.2, 0.25) is 5.02 Å². The van der Waals surface area contributed by atoms with E-state index in [-0.39, 0.29) is 12.6 Å². The van der Waals surface area contributed by atoms with Crippen LogP contribution in [0.5, 0.6) is 5.75 Å². The largest absolute Gasteiger partial charge is 0.492 e. The molecule has 0 aliphatic carbocycles. The van der Waals surface area contributed by atoms with E-state index < -0.39 is 6.03 Å². The van der Waals surface area contributed by atoms with E-state index in [0.29, 0.717) is 18.1 Å². The number of nitrogens with two attached hydrogens (primary N) is 1. The summed E-state index contributed by atoms with van der Waals surface area (Å²) in [6, 6.07) is 26.4. The van der Waals surface area contributed by atoms with Gasteiger partial charge < -0.3 is 10.5 Å². The molecule has 3 N–H and O–H groups in total. The molecule has 1 fully saturated rings. The number of ether oxygens (including phenoxy) is 1. The van der Waals surface area contributed by atoms with Gasteiger partial charge in [0.25, 0.3) is 0 Å². The third-order valence-electron chi connectivity index (χ3n) is 6.99. The molecule has 0 spiro atoms. The molecule has 1 aliphatic rings. The molecule has 202 valence electrons. The fourth-order valence-electron chi connectivity index (χ4n) is 4.92. The van der Waals surface area contributed by atoms with Gasteiger partial charge in [-0.2, -0.15) is 0 Å². The zero-order valence-corrected chi connectivity index (χ0v) is 22.5. The number of nitrogens with zero attached hydrogens (tertiary/aromatic N) is 3. The lowest BCUT2D eigenvalue weighted by Gasteiger charge is -2.39. The van der Waals surface area contributed by atoms with Gasteiger partial charge in [-0.05, 0) is 60.2 Å². The van der Waals surface area contributed by atoms with Crippen LogP contribution in [0, 0.1) is 0 Å². The molecular formula is C30H37ClN4O3. The van der Waals surface area contributed by atoms with Gasteiger partial charge in [-0.3, -0.25) is 15.0 Å². The Hall–Kier alpha value is -3.10. The highest BCUT2D eigenvalue weighted by molar-refractivity contribution is 6.30. The number of benzene rings is 3. The smallest absolute Gasteiger partial charge is 0.338 e. The normalized spacial score (nSPS) is 15.2. The number of unbranched alkanes of at least 4 members (excludes halogenated alkanes) is 1. The maximum atomic E-state index is 10.9. The predicted molar refractivity (Wildman–Crippen MR) is 151 cm³/mol. The molecule has 1 saturated heterocycles. The molecule has 8 heteroatoms. The number of carbonyl (C=O) groups excluding carboxylic acids is 1. The van der Waals surface area contributed by atoms with Crippen molar-refractivity contribution in [2.24, 2.45) is 5.73 Å². The lowest BCUT2D eigenvalue weighted by molar-refractivity contribution is -0.0402. The molecule has 1 heterocycles. The minimum atomic E-state index is -0.820. The number of piperazine rings is 1. The SMILES string of the molecule is NC(=O)N(O)CCCCc1cccc(OCCN2CCN([C@H](c3ccccc3)c3ccc(Cl)cc3)CC2)c1. The molecule has 38 heavy (non-hydrogen) atoms. The highest BCUT2D eigenvalue weighted by atomic mass is 35.5. The number of hydroxylamine groups is 2. The van der Waals surface area contributed by atoms with Crippen LogP contribution in [-0.4, -0.2) is 72.0 Å². The number of aryl methyl sites for hydroxylation is 1. The Morgan fingerprint density at radius 3 is 2.37 bits per heavy atom. The zero-order chi connectivity index (χ0) is 26.7. The number of primary amides is 1. The van der Waals surface area contributed by atoms with E-state index in [1.807, 2.05) is 24.3 Å². The molecule has 4 rings (SSSR count). The van der Waals surface area contributed by atoms with Gasteiger partial charge in [-0.1, -0.05) is 66.2 Å². The minimum Gasteiger partial charge on any atom is -0.492 e. The fourth-order valence-corrected chi connectivity index (χ4v) is 5.05. The number of amides is 2. The summed E-state index contributed by atoms with van der Waals surface area (Å²) in [5, 5.41) is 10.7. The van der Waals surface area contributed by atoms with Crippen LogP contribution in [0.3, 0.4) is 0 Å². The van der Waals surface area contributed by atoms with Gasteiger partial charge in [0, 0.05) is 37.7 Å². The summed E-state index contributed by atoms with van der Waals surface area (Å²) in [6.45, 7) is 5.72. The van der Waals surface area contributed by atoms with Gasteiger partial charge in [-0.25, -0.2) is 9.86 Å². The van der Waals surface area contributed by atoms with E-state index >= 15 is 0 Å². The van der Waals surface area contributed by atoms with E-state index in [1.165, 1.54) is 16.7 Å². The Kier molecular flexibility index (Phi) is 10.4. The highest BCUT2D eigenvalue weighted by Crippen LogP contribution is 2.30. The monoisotopic (exact) mass is 536 g/mol. The second-order valence-electron chi connectivity index (χ2n) is 9.66. The lowest BCUT2D eigenvalue weighted by atomic mass is 9.96. The van der Waals surface area contributed by atoms with Crippen molar-refractivity contribution in [2.45, 2.75) is 25.3 Å². The highest BCUT2D eigenvalue weighted by Gasteiger charge is 2.26. The van der Waals surface area contributed by atoms with E-state index in [1.54, 1.807) is 0 Å². The van der Waals surface area contributed by atoms with Crippen molar-refractivity contribution in [1.29, 1.82) is 0 Å². The van der Waals surface area contributed by atoms with Gasteiger partial charge in [0.05, 0.1) is 12.6 Å². The minimum absolute atomic E-state index is 0.214. The predicted octanol–water partition coefficient (Wildman–Crippen LogP) is 5.22. The summed E-state index contributed by atoms with van der Waals surface area (Å²) in [5.74, 6) is 0.869. The third kappa shape index (κ3) is 8.20. The molecule has 0 aromatic heterocycles. The van der Waals surface area contributed by atoms with Crippen LogP contribution in [0.15, 0.2) is 78.9 Å². The summed E-state index contributed by atoms with van der Waals surface area (Å²) in [6.07, 6.45) is 2.37. The third-order valence-corrected chi connectivity index (χ3v) is 7.24. The average Bonchev–Trinajstić information content (AvgIpc) is 2.94. The van der Waals surface area contributed by atoms with Gasteiger partial charge >= 0.3 is 6.03 Å². The average molecular weight is 537 g/mol. The molecule has 7 nitrogen and oxygen atoms in total. The summed E-state index contributed by atoms with van der Waals surface area (Å²) in [4.78, 5) is 15.9. The van der Waals surface area contributed by atoms with Crippen LogP contribution in [0.1, 0.15) is 35.6 Å². The van der Waals surface area contributed by atoms with Crippen LogP contribution in [0.25, 0.3) is 0 Å². The molecule has 2 amide bonds. The quantitative estimate of drug-likeness (QED) is 0.188. The van der Waals surface area contributed by atoms with Crippen molar-refractivity contribution in [3.05, 3.63) is 101 Å². The van der Waals surface area contributed by atoms with Crippen molar-refractivity contribution < 1.29 is 14.7 Å². The first-order valence-corrected chi connectivity index (χ1v) is 13.6. The number of rotatable bonds is 12. The molecule has 3 aromatic rings. The fraction of sp³-hybridized carbons (Fsp3) is 0.367. The van der Waals surface area contributed by atoms with Crippen molar-refractivity contribution in [1.82, 2.24) is 14.9 Å². The van der Waals surface area contributed by atoms with Gasteiger partial charge in [0.2, 0.25) is 0 Å². The summed E-state index contributed by atoms with van der Waals surface area (Å²) in [7, 11) is 0. The lowest BCUT2D eigenvalue weighted by Crippen LogP contribution is -2.48. The number of hydrogen-bond donors (Lipinski definition) is 2. The molecule has 3 aromatic carbocycles. The molecule has 1 aliphatic heterocycles. The van der Waals surface area contributed by atoms with Crippen LogP contribution in [-0.2, 0) is 6.42 Å². The summed E-state index contributed by atoms with van der Waals surface area (Å²) < 4.78 is 6.07. The second-order valence-corrected chi connectivity index (χ2v) is 10.1. The summed E-state index contributed by atoms with van der Waals surface area (Å²) >= 11 is 6.16. The van der Waals surface area contributed by atoms with Gasteiger partial charge in [0.15, 0.2) is 0 Å². The Balaban J connectivity index is 1.23. The Bertz CT molecular complexity index is 1140. The Morgan fingerprint density at radius 2 is 1.66 bits per heavy atom. The van der Waals surface area contributed by atoms with Crippen molar-refractivity contribution in [3.63, 3.8) is 0 Å². The van der Waals surface area contributed by atoms with Crippen molar-refractivity contribution >= 4 is 17.6 Å². The maximum Gasteiger partial charge on any atom is 0.338 e. The first kappa shape index (κ1) is 27.9. The Morgan fingerprint density at radius 1 is 0.947 bits per heavy atom. The maximum absolute atomic E-state index is 10.9. The van der Waals surface area contributed by atoms with E-state index in [2.05, 4.69) is 64.4 Å². The standard InChI is InChI=1S/C30H37ClN4O3/c31-27-14-12-26(13-15-27)29(25-9-2-1-3-10-25)34-19-17-33(18-20-34)21-22-38-28-11-6-8-24(23-28)7-4-5-16-35(37)30(32)36/h1-3,6,8-15,23,29,37H,4-5,7,16-22H2,(H2,32,36)/t29-/m1/s1. The van der Waals surface area contributed by atoms with Crippen LogP contribution >= 0.6 is 11.6 Å². The zero-order valence-electron chi connectivity index (χ0n) is 21.7. The van der Waals surface area contributed by atoms with Gasteiger partial charge in [0.1, 0.15) is 12.4 Å². The molecule has 0 radical (unpaired) electrons. The molecule has 0 saturated carbocycles. The van der Waals surface area contributed by atoms with Gasteiger partial charge in [-0.15, -0.1) is 0 Å². The molecule has 1 atom stereocenters. The van der Waals surface area contributed by atoms with Crippen LogP contribution in [0.4, 0.5) is 4.79 Å². The summed E-state index contributed by atoms with van der Waals surface area (Å²) in [5.41, 5.74) is 8.77. The van der Waals surface area contributed by atoms with E-state index in [0.717, 1.165) is 56.3 Å². The molecular weight excluding hydrogens is 500 g/mol. The Labute approximate surface area is 230 Å². The first-order valence-electron chi connectivity index (χ1n) is 13.2. The number of urea groups is 1. The van der Waals surface area contributed by atoms with Crippen LogP contribution < -0.4 is 10.5 Å². The molecule has 0 bridgehead atoms. The first-order chi connectivity index (χ1) is 18.5. The topological polar surface area (TPSA) is 82.3 Å².